The van der Waals surface area contributed by atoms with Gasteiger partial charge in [-0.05, 0) is 31.5 Å². The van der Waals surface area contributed by atoms with Crippen molar-refractivity contribution in [2.75, 3.05) is 11.5 Å². The smallest absolute Gasteiger partial charge is 0.415 e. The van der Waals surface area contributed by atoms with Crippen LogP contribution in [0.15, 0.2) is 12.1 Å². The predicted octanol–water partition coefficient (Wildman–Crippen LogP) is 2.23. The van der Waals surface area contributed by atoms with Crippen LogP contribution in [0.1, 0.15) is 18.1 Å². The van der Waals surface area contributed by atoms with Gasteiger partial charge in [0.1, 0.15) is 18.2 Å². The van der Waals surface area contributed by atoms with Crippen molar-refractivity contribution in [3.63, 3.8) is 0 Å². The summed E-state index contributed by atoms with van der Waals surface area (Å²) in [4.78, 5) is 13.2. The number of benzene rings is 1. The van der Waals surface area contributed by atoms with Crippen molar-refractivity contribution in [1.82, 2.24) is 0 Å². The van der Waals surface area contributed by atoms with Crippen LogP contribution in [-0.2, 0) is 4.74 Å². The average Bonchev–Trinajstić information content (AvgIpc) is 2.67. The number of rotatable bonds is 2. The Labute approximate surface area is 116 Å². The van der Waals surface area contributed by atoms with Crippen molar-refractivity contribution in [3.8, 4) is 6.07 Å². The third-order valence-corrected chi connectivity index (χ3v) is 3.77. The van der Waals surface area contributed by atoms with Gasteiger partial charge >= 0.3 is 6.09 Å². The number of ether oxygens (including phenoxy) is 1. The highest BCUT2D eigenvalue weighted by Gasteiger charge is 2.40. The molecule has 100 valence electrons. The summed E-state index contributed by atoms with van der Waals surface area (Å²) in [6, 6.07) is 4.73. The second-order valence-corrected chi connectivity index (χ2v) is 4.77. The topological polar surface area (TPSA) is 73.6 Å². The molecule has 2 rings (SSSR count). The maximum Gasteiger partial charge on any atom is 0.415 e. The molecule has 1 aromatic carbocycles. The van der Waals surface area contributed by atoms with Crippen molar-refractivity contribution in [2.24, 2.45) is 0 Å². The van der Waals surface area contributed by atoms with Gasteiger partial charge in [0, 0.05) is 0 Å². The van der Waals surface area contributed by atoms with Gasteiger partial charge in [-0.25, -0.2) is 4.79 Å². The summed E-state index contributed by atoms with van der Waals surface area (Å²) < 4.78 is 5.10. The molecule has 0 saturated carbocycles. The number of cyclic esters (lactones) is 1. The van der Waals surface area contributed by atoms with E-state index in [-0.39, 0.29) is 6.61 Å². The first-order chi connectivity index (χ1) is 9.01. The monoisotopic (exact) mass is 280 g/mol. The van der Waals surface area contributed by atoms with E-state index < -0.39 is 18.2 Å². The molecule has 1 amide bonds. The number of halogens is 1. The van der Waals surface area contributed by atoms with E-state index >= 15 is 0 Å². The number of aliphatic hydroxyl groups excluding tert-OH is 1. The van der Waals surface area contributed by atoms with Gasteiger partial charge in [0.15, 0.2) is 0 Å². The largest absolute Gasteiger partial charge is 0.444 e. The number of carbonyl (C=O) groups excluding carboxylic acids is 1. The molecule has 1 aliphatic heterocycles. The number of hydrogen-bond donors (Lipinski definition) is 1. The van der Waals surface area contributed by atoms with Gasteiger partial charge in [0.2, 0.25) is 0 Å². The van der Waals surface area contributed by atoms with Crippen LogP contribution in [0.5, 0.6) is 0 Å². The zero-order chi connectivity index (χ0) is 14.2. The van der Waals surface area contributed by atoms with E-state index in [2.05, 4.69) is 0 Å². The fraction of sp³-hybridized carbons (Fsp3) is 0.385. The van der Waals surface area contributed by atoms with Crippen LogP contribution in [0.3, 0.4) is 0 Å². The second kappa shape index (κ2) is 5.08. The lowest BCUT2D eigenvalue weighted by Gasteiger charge is -2.23. The number of amides is 1. The number of hydrogen-bond acceptors (Lipinski definition) is 4. The van der Waals surface area contributed by atoms with Crippen LogP contribution in [0.25, 0.3) is 0 Å². The lowest BCUT2D eigenvalue weighted by molar-refractivity contribution is 0.129. The van der Waals surface area contributed by atoms with Crippen molar-refractivity contribution in [3.05, 3.63) is 28.3 Å². The van der Waals surface area contributed by atoms with E-state index in [1.165, 1.54) is 4.90 Å². The van der Waals surface area contributed by atoms with Crippen LogP contribution >= 0.6 is 11.6 Å². The van der Waals surface area contributed by atoms with Gasteiger partial charge in [-0.3, -0.25) is 4.90 Å². The van der Waals surface area contributed by atoms with Crippen molar-refractivity contribution in [1.29, 1.82) is 5.26 Å². The summed E-state index contributed by atoms with van der Waals surface area (Å²) in [6.07, 6.45) is -0.915. The molecular weight excluding hydrogens is 268 g/mol. The summed E-state index contributed by atoms with van der Waals surface area (Å²) in [7, 11) is 0. The Bertz CT molecular complexity index is 568. The number of aliphatic hydroxyl groups is 1. The quantitative estimate of drug-likeness (QED) is 0.901. The van der Waals surface area contributed by atoms with Crippen LogP contribution in [-0.4, -0.2) is 30.0 Å². The molecule has 0 spiro atoms. The fourth-order valence-electron chi connectivity index (χ4n) is 2.17. The van der Waals surface area contributed by atoms with E-state index in [1.54, 1.807) is 26.0 Å². The Morgan fingerprint density at radius 3 is 2.84 bits per heavy atom. The standard InChI is InChI=1S/C13H13ClN2O3/c1-7-10(4-3-9(5-15)12(7)14)16-11(6-17)8(2)19-13(16)18/h3-4,8,11,17H,6H2,1-2H3/t8-,11+/m1/s1. The summed E-state index contributed by atoms with van der Waals surface area (Å²) in [6.45, 7) is 3.24. The summed E-state index contributed by atoms with van der Waals surface area (Å²) in [5, 5.41) is 18.6. The zero-order valence-corrected chi connectivity index (χ0v) is 11.3. The SMILES string of the molecule is Cc1c(N2C(=O)O[C@H](C)[C@@H]2CO)ccc(C#N)c1Cl. The number of nitriles is 1. The maximum absolute atomic E-state index is 11.9. The van der Waals surface area contributed by atoms with Gasteiger partial charge in [0.25, 0.3) is 0 Å². The van der Waals surface area contributed by atoms with Crippen molar-refractivity contribution >= 4 is 23.4 Å². The van der Waals surface area contributed by atoms with E-state index in [4.69, 9.17) is 21.6 Å². The normalized spacial score (nSPS) is 22.3. The van der Waals surface area contributed by atoms with Gasteiger partial charge in [-0.2, -0.15) is 5.26 Å². The molecule has 1 fully saturated rings. The minimum absolute atomic E-state index is 0.204. The lowest BCUT2D eigenvalue weighted by atomic mass is 10.1. The zero-order valence-electron chi connectivity index (χ0n) is 10.6. The molecule has 19 heavy (non-hydrogen) atoms. The van der Waals surface area contributed by atoms with E-state index in [0.717, 1.165) is 0 Å². The van der Waals surface area contributed by atoms with Gasteiger partial charge < -0.3 is 9.84 Å². The fourth-order valence-corrected chi connectivity index (χ4v) is 2.37. The minimum atomic E-state index is -0.518. The predicted molar refractivity (Wildman–Crippen MR) is 70.2 cm³/mol. The molecule has 1 aromatic rings. The minimum Gasteiger partial charge on any atom is -0.444 e. The molecular formula is C13H13ClN2O3. The van der Waals surface area contributed by atoms with Crippen LogP contribution in [0.2, 0.25) is 5.02 Å². The molecule has 1 N–H and O–H groups in total. The highest BCUT2D eigenvalue weighted by molar-refractivity contribution is 6.33. The van der Waals surface area contributed by atoms with E-state index in [9.17, 15) is 9.90 Å². The molecule has 0 unspecified atom stereocenters. The molecule has 1 aliphatic rings. The van der Waals surface area contributed by atoms with Crippen LogP contribution in [0.4, 0.5) is 10.5 Å². The Kier molecular flexibility index (Phi) is 3.65. The maximum atomic E-state index is 11.9. The second-order valence-electron chi connectivity index (χ2n) is 4.39. The number of carbonyl (C=O) groups is 1. The third kappa shape index (κ3) is 2.14. The molecule has 1 heterocycles. The highest BCUT2D eigenvalue weighted by Crippen LogP contribution is 2.34. The first-order valence-electron chi connectivity index (χ1n) is 5.81. The van der Waals surface area contributed by atoms with Gasteiger partial charge in [0.05, 0.1) is 22.9 Å². The van der Waals surface area contributed by atoms with E-state index in [0.29, 0.717) is 21.8 Å². The van der Waals surface area contributed by atoms with E-state index in [1.807, 2.05) is 6.07 Å². The Hall–Kier alpha value is -1.77. The Balaban J connectivity index is 2.50. The van der Waals surface area contributed by atoms with Crippen LogP contribution < -0.4 is 4.90 Å². The summed E-state index contributed by atoms with van der Waals surface area (Å²) in [5.41, 5.74) is 1.52. The molecule has 0 aliphatic carbocycles. The van der Waals surface area contributed by atoms with Gasteiger partial charge in [-0.15, -0.1) is 0 Å². The van der Waals surface area contributed by atoms with Crippen LogP contribution in [0, 0.1) is 18.3 Å². The number of nitrogens with zero attached hydrogens (tertiary/aromatic N) is 2. The first kappa shape index (κ1) is 13.7. The number of anilines is 1. The molecule has 1 saturated heterocycles. The molecule has 2 atom stereocenters. The summed E-state index contributed by atoms with van der Waals surface area (Å²) >= 11 is 6.09. The van der Waals surface area contributed by atoms with Gasteiger partial charge in [-0.1, -0.05) is 11.6 Å². The molecule has 0 radical (unpaired) electrons. The molecule has 0 bridgehead atoms. The highest BCUT2D eigenvalue weighted by atomic mass is 35.5. The first-order valence-corrected chi connectivity index (χ1v) is 6.19. The lowest BCUT2D eigenvalue weighted by Crippen LogP contribution is -2.39. The summed E-state index contributed by atoms with van der Waals surface area (Å²) in [5.74, 6) is 0. The van der Waals surface area contributed by atoms with Crippen molar-refractivity contribution < 1.29 is 14.6 Å². The average molecular weight is 281 g/mol. The third-order valence-electron chi connectivity index (χ3n) is 3.28. The Morgan fingerprint density at radius 2 is 2.26 bits per heavy atom. The molecule has 6 heteroatoms. The van der Waals surface area contributed by atoms with Crippen molar-refractivity contribution in [2.45, 2.75) is 26.0 Å². The molecule has 5 nitrogen and oxygen atoms in total. The molecule has 0 aromatic heterocycles. The Morgan fingerprint density at radius 1 is 1.58 bits per heavy atom.